The zero-order valence-electron chi connectivity index (χ0n) is 11.8. The Hall–Kier alpha value is -2.31. The fourth-order valence-electron chi connectivity index (χ4n) is 2.10. The lowest BCUT2D eigenvalue weighted by Gasteiger charge is -2.17. The fourth-order valence-corrected chi connectivity index (χ4v) is 2.10. The van der Waals surface area contributed by atoms with E-state index in [1.54, 1.807) is 7.11 Å². The molecule has 0 spiro atoms. The van der Waals surface area contributed by atoms with Crippen LogP contribution >= 0.6 is 0 Å². The van der Waals surface area contributed by atoms with E-state index in [9.17, 15) is 0 Å². The molecule has 0 fully saturated rings. The number of nitrogens with one attached hydrogen (secondary N) is 1. The van der Waals surface area contributed by atoms with E-state index in [0.29, 0.717) is 5.56 Å². The number of hydrogen-bond acceptors (Lipinski definition) is 3. The molecule has 2 rings (SSSR count). The minimum atomic E-state index is 0.196. The van der Waals surface area contributed by atoms with Crippen molar-refractivity contribution in [2.75, 3.05) is 7.11 Å². The summed E-state index contributed by atoms with van der Waals surface area (Å²) < 4.78 is 5.37. The number of methoxy groups -OCH3 is 1. The molecule has 3 heteroatoms. The van der Waals surface area contributed by atoms with Gasteiger partial charge in [-0.25, -0.2) is 0 Å². The molecule has 20 heavy (non-hydrogen) atoms. The van der Waals surface area contributed by atoms with Crippen molar-refractivity contribution in [1.82, 2.24) is 5.32 Å². The molecule has 2 aromatic rings. The highest BCUT2D eigenvalue weighted by Crippen LogP contribution is 2.24. The van der Waals surface area contributed by atoms with Gasteiger partial charge in [-0.15, -0.1) is 0 Å². The molecule has 0 aliphatic carbocycles. The average Bonchev–Trinajstić information content (AvgIpc) is 2.53. The van der Waals surface area contributed by atoms with Crippen molar-refractivity contribution in [3.05, 3.63) is 65.2 Å². The first-order valence-electron chi connectivity index (χ1n) is 6.60. The van der Waals surface area contributed by atoms with E-state index >= 15 is 0 Å². The number of ether oxygens (including phenoxy) is 1. The molecule has 0 amide bonds. The molecule has 0 aromatic heterocycles. The van der Waals surface area contributed by atoms with Crippen molar-refractivity contribution < 1.29 is 4.74 Å². The van der Waals surface area contributed by atoms with E-state index in [1.807, 2.05) is 42.5 Å². The van der Waals surface area contributed by atoms with Crippen LogP contribution in [0.3, 0.4) is 0 Å². The molecule has 1 N–H and O–H groups in total. The second-order valence-electron chi connectivity index (χ2n) is 4.65. The Morgan fingerprint density at radius 3 is 2.50 bits per heavy atom. The van der Waals surface area contributed by atoms with Gasteiger partial charge in [0.2, 0.25) is 0 Å². The third-order valence-corrected chi connectivity index (χ3v) is 3.30. The largest absolute Gasteiger partial charge is 0.496 e. The molecule has 0 unspecified atom stereocenters. The fraction of sp³-hybridized carbons (Fsp3) is 0.235. The molecule has 1 atom stereocenters. The maximum atomic E-state index is 8.77. The molecule has 0 heterocycles. The molecule has 0 radical (unpaired) electrons. The van der Waals surface area contributed by atoms with Crippen LogP contribution in [0.1, 0.15) is 29.7 Å². The van der Waals surface area contributed by atoms with Crippen molar-refractivity contribution in [2.24, 2.45) is 0 Å². The van der Waals surface area contributed by atoms with Gasteiger partial charge < -0.3 is 10.1 Å². The number of hydrogen-bond donors (Lipinski definition) is 1. The van der Waals surface area contributed by atoms with Crippen LogP contribution in [-0.2, 0) is 6.54 Å². The van der Waals surface area contributed by atoms with Gasteiger partial charge in [0.1, 0.15) is 5.75 Å². The molecular formula is C17H18N2O. The molecule has 0 bridgehead atoms. The highest BCUT2D eigenvalue weighted by molar-refractivity contribution is 5.36. The minimum absolute atomic E-state index is 0.196. The van der Waals surface area contributed by atoms with Gasteiger partial charge in [0.15, 0.2) is 0 Å². The van der Waals surface area contributed by atoms with Crippen LogP contribution in [0.15, 0.2) is 48.5 Å². The summed E-state index contributed by atoms with van der Waals surface area (Å²) in [4.78, 5) is 0. The van der Waals surface area contributed by atoms with Gasteiger partial charge in [-0.1, -0.05) is 30.3 Å². The Morgan fingerprint density at radius 1 is 1.15 bits per heavy atom. The van der Waals surface area contributed by atoms with Gasteiger partial charge in [-0.05, 0) is 30.7 Å². The second kappa shape index (κ2) is 6.74. The lowest BCUT2D eigenvalue weighted by atomic mass is 10.1. The maximum absolute atomic E-state index is 8.77. The second-order valence-corrected chi connectivity index (χ2v) is 4.65. The SMILES string of the molecule is COc1ccccc1[C@@H](C)NCc1ccc(C#N)cc1. The summed E-state index contributed by atoms with van der Waals surface area (Å²) in [5.41, 5.74) is 2.99. The van der Waals surface area contributed by atoms with Crippen LogP contribution in [0.25, 0.3) is 0 Å². The molecule has 2 aromatic carbocycles. The molecule has 3 nitrogen and oxygen atoms in total. The summed E-state index contributed by atoms with van der Waals surface area (Å²) in [6.07, 6.45) is 0. The minimum Gasteiger partial charge on any atom is -0.496 e. The normalized spacial score (nSPS) is 11.7. The predicted molar refractivity (Wildman–Crippen MR) is 79.4 cm³/mol. The highest BCUT2D eigenvalue weighted by atomic mass is 16.5. The Bertz CT molecular complexity index is 599. The zero-order chi connectivity index (χ0) is 14.4. The first-order chi connectivity index (χ1) is 9.74. The summed E-state index contributed by atoms with van der Waals surface area (Å²) in [7, 11) is 1.69. The number of nitrogens with zero attached hydrogens (tertiary/aromatic N) is 1. The van der Waals surface area contributed by atoms with Crippen LogP contribution in [0, 0.1) is 11.3 Å². The van der Waals surface area contributed by atoms with E-state index in [0.717, 1.165) is 23.4 Å². The standard InChI is InChI=1S/C17H18N2O/c1-13(16-5-3-4-6-17(16)20-2)19-12-15-9-7-14(11-18)8-10-15/h3-10,13,19H,12H2,1-2H3/t13-/m1/s1. The van der Waals surface area contributed by atoms with Crippen LogP contribution in [0.2, 0.25) is 0 Å². The first kappa shape index (κ1) is 14.1. The van der Waals surface area contributed by atoms with Gasteiger partial charge in [0.25, 0.3) is 0 Å². The smallest absolute Gasteiger partial charge is 0.123 e. The van der Waals surface area contributed by atoms with Gasteiger partial charge in [0.05, 0.1) is 18.7 Å². The third-order valence-electron chi connectivity index (χ3n) is 3.30. The van der Waals surface area contributed by atoms with E-state index < -0.39 is 0 Å². The number of rotatable bonds is 5. The van der Waals surface area contributed by atoms with Crippen LogP contribution in [0.5, 0.6) is 5.75 Å². The average molecular weight is 266 g/mol. The number of para-hydroxylation sites is 1. The van der Waals surface area contributed by atoms with Gasteiger partial charge in [-0.3, -0.25) is 0 Å². The summed E-state index contributed by atoms with van der Waals surface area (Å²) in [5.74, 6) is 0.896. The van der Waals surface area contributed by atoms with E-state index in [-0.39, 0.29) is 6.04 Å². The van der Waals surface area contributed by atoms with Crippen molar-refractivity contribution in [1.29, 1.82) is 5.26 Å². The molecule has 0 saturated heterocycles. The van der Waals surface area contributed by atoms with Crippen molar-refractivity contribution in [3.8, 4) is 11.8 Å². The van der Waals surface area contributed by atoms with Gasteiger partial charge >= 0.3 is 0 Å². The van der Waals surface area contributed by atoms with E-state index in [2.05, 4.69) is 24.4 Å². The van der Waals surface area contributed by atoms with Crippen LogP contribution in [-0.4, -0.2) is 7.11 Å². The molecule has 0 saturated carbocycles. The topological polar surface area (TPSA) is 45.0 Å². The Balaban J connectivity index is 2.01. The highest BCUT2D eigenvalue weighted by Gasteiger charge is 2.09. The molecule has 102 valence electrons. The lowest BCUT2D eigenvalue weighted by molar-refractivity contribution is 0.401. The summed E-state index contributed by atoms with van der Waals surface area (Å²) in [6, 6.07) is 18.0. The Morgan fingerprint density at radius 2 is 1.85 bits per heavy atom. The maximum Gasteiger partial charge on any atom is 0.123 e. The van der Waals surface area contributed by atoms with Gasteiger partial charge in [-0.2, -0.15) is 5.26 Å². The number of nitriles is 1. The van der Waals surface area contributed by atoms with Crippen molar-refractivity contribution in [3.63, 3.8) is 0 Å². The van der Waals surface area contributed by atoms with E-state index in [1.165, 1.54) is 0 Å². The first-order valence-corrected chi connectivity index (χ1v) is 6.60. The number of benzene rings is 2. The Kier molecular flexibility index (Phi) is 4.75. The predicted octanol–water partition coefficient (Wildman–Crippen LogP) is 3.42. The molecular weight excluding hydrogens is 248 g/mol. The Labute approximate surface area is 119 Å². The quantitative estimate of drug-likeness (QED) is 0.902. The monoisotopic (exact) mass is 266 g/mol. The molecule has 0 aliphatic heterocycles. The van der Waals surface area contributed by atoms with Crippen LogP contribution < -0.4 is 10.1 Å². The lowest BCUT2D eigenvalue weighted by Crippen LogP contribution is -2.18. The summed E-state index contributed by atoms with van der Waals surface area (Å²) >= 11 is 0. The van der Waals surface area contributed by atoms with Gasteiger partial charge in [0, 0.05) is 18.2 Å². The molecule has 0 aliphatic rings. The third kappa shape index (κ3) is 3.37. The zero-order valence-corrected chi connectivity index (χ0v) is 11.8. The summed E-state index contributed by atoms with van der Waals surface area (Å²) in [5, 5.41) is 12.2. The van der Waals surface area contributed by atoms with Crippen LogP contribution in [0.4, 0.5) is 0 Å². The van der Waals surface area contributed by atoms with Crippen molar-refractivity contribution in [2.45, 2.75) is 19.5 Å². The summed E-state index contributed by atoms with van der Waals surface area (Å²) in [6.45, 7) is 2.87. The van der Waals surface area contributed by atoms with E-state index in [4.69, 9.17) is 10.00 Å². The van der Waals surface area contributed by atoms with Crippen molar-refractivity contribution >= 4 is 0 Å².